The first kappa shape index (κ1) is 12.6. The van der Waals surface area contributed by atoms with Gasteiger partial charge >= 0.3 is 0 Å². The molecule has 1 N–H and O–H groups in total. The number of hydrogen-bond acceptors (Lipinski definition) is 2. The van der Waals surface area contributed by atoms with Crippen LogP contribution in [0.5, 0.6) is 0 Å². The van der Waals surface area contributed by atoms with E-state index in [-0.39, 0.29) is 10.4 Å². The molecule has 0 amide bonds. The minimum atomic E-state index is -0.798. The molecule has 0 saturated carbocycles. The van der Waals surface area contributed by atoms with E-state index in [1.54, 1.807) is 0 Å². The highest BCUT2D eigenvalue weighted by molar-refractivity contribution is 9.10. The molecule has 17 heavy (non-hydrogen) atoms. The second kappa shape index (κ2) is 5.23. The number of carbonyl (C=O) groups is 1. The third-order valence-electron chi connectivity index (χ3n) is 3.00. The summed E-state index contributed by atoms with van der Waals surface area (Å²) in [6.07, 6.45) is 1.26. The van der Waals surface area contributed by atoms with Crippen LogP contribution < -0.4 is 5.32 Å². The average Bonchev–Trinajstić information content (AvgIpc) is 2.35. The van der Waals surface area contributed by atoms with Gasteiger partial charge in [-0.1, -0.05) is 0 Å². The summed E-state index contributed by atoms with van der Waals surface area (Å²) in [6.45, 7) is 1.43. The van der Waals surface area contributed by atoms with Crippen LogP contribution in [0.4, 0.5) is 8.78 Å². The zero-order chi connectivity index (χ0) is 12.4. The maximum atomic E-state index is 13.7. The smallest absolute Gasteiger partial charge is 0.171 e. The molecule has 1 saturated heterocycles. The topological polar surface area (TPSA) is 29.1 Å². The van der Waals surface area contributed by atoms with E-state index in [1.165, 1.54) is 6.07 Å². The average molecular weight is 304 g/mol. The van der Waals surface area contributed by atoms with Crippen LogP contribution in [0.1, 0.15) is 23.2 Å². The summed E-state index contributed by atoms with van der Waals surface area (Å²) in [5, 5.41) is 3.11. The maximum absolute atomic E-state index is 13.7. The van der Waals surface area contributed by atoms with Crippen LogP contribution in [-0.2, 0) is 0 Å². The number of hydrogen-bond donors (Lipinski definition) is 1. The molecule has 0 spiro atoms. The van der Waals surface area contributed by atoms with Gasteiger partial charge in [-0.05, 0) is 54.0 Å². The van der Waals surface area contributed by atoms with Crippen LogP contribution in [0, 0.1) is 17.6 Å². The van der Waals surface area contributed by atoms with E-state index in [9.17, 15) is 13.6 Å². The molecule has 1 aromatic carbocycles. The molecule has 1 aromatic rings. The molecule has 1 fully saturated rings. The SMILES string of the molecule is O=C(c1c(F)ccc(Br)c1F)C1CCNCC1. The lowest BCUT2D eigenvalue weighted by Gasteiger charge is -2.21. The van der Waals surface area contributed by atoms with E-state index in [1.807, 2.05) is 0 Å². The molecule has 1 heterocycles. The Bertz CT molecular complexity index is 444. The third-order valence-corrected chi connectivity index (χ3v) is 3.61. The molecule has 92 valence electrons. The molecule has 0 radical (unpaired) electrons. The maximum Gasteiger partial charge on any atom is 0.171 e. The Morgan fingerprint density at radius 1 is 1.29 bits per heavy atom. The summed E-state index contributed by atoms with van der Waals surface area (Å²) in [7, 11) is 0. The van der Waals surface area contributed by atoms with Gasteiger partial charge in [0.05, 0.1) is 10.0 Å². The molecule has 2 rings (SSSR count). The van der Waals surface area contributed by atoms with Gasteiger partial charge in [0.2, 0.25) is 0 Å². The zero-order valence-corrected chi connectivity index (χ0v) is 10.7. The predicted molar refractivity (Wildman–Crippen MR) is 64.0 cm³/mol. The van der Waals surface area contributed by atoms with Crippen LogP contribution in [0.15, 0.2) is 16.6 Å². The first-order chi connectivity index (χ1) is 8.11. The molecule has 0 aromatic heterocycles. The number of piperidine rings is 1. The van der Waals surface area contributed by atoms with Gasteiger partial charge in [-0.25, -0.2) is 8.78 Å². The first-order valence-corrected chi connectivity index (χ1v) is 6.29. The minimum Gasteiger partial charge on any atom is -0.317 e. The Labute approximate surface area is 107 Å². The van der Waals surface area contributed by atoms with Gasteiger partial charge in [-0.2, -0.15) is 0 Å². The normalized spacial score (nSPS) is 17.1. The summed E-state index contributed by atoms with van der Waals surface area (Å²) in [5.74, 6) is -2.29. The Morgan fingerprint density at radius 2 is 1.94 bits per heavy atom. The van der Waals surface area contributed by atoms with Gasteiger partial charge in [0.25, 0.3) is 0 Å². The van der Waals surface area contributed by atoms with Gasteiger partial charge in [0.1, 0.15) is 5.82 Å². The van der Waals surface area contributed by atoms with Crippen molar-refractivity contribution >= 4 is 21.7 Å². The Hall–Kier alpha value is -0.810. The standard InChI is InChI=1S/C12H12BrF2NO/c13-8-1-2-9(14)10(11(8)15)12(17)7-3-5-16-6-4-7/h1-2,7,16H,3-6H2. The van der Waals surface area contributed by atoms with E-state index in [0.29, 0.717) is 25.9 Å². The lowest BCUT2D eigenvalue weighted by molar-refractivity contribution is 0.0886. The van der Waals surface area contributed by atoms with E-state index >= 15 is 0 Å². The second-order valence-corrected chi connectivity index (χ2v) is 4.96. The van der Waals surface area contributed by atoms with Crippen LogP contribution in [-0.4, -0.2) is 18.9 Å². The van der Waals surface area contributed by atoms with E-state index in [0.717, 1.165) is 6.07 Å². The van der Waals surface area contributed by atoms with Crippen LogP contribution in [0.2, 0.25) is 0 Å². The summed E-state index contributed by atoms with van der Waals surface area (Å²) in [4.78, 5) is 12.1. The molecule has 1 aliphatic heterocycles. The van der Waals surface area contributed by atoms with Crippen molar-refractivity contribution in [3.05, 3.63) is 33.8 Å². The first-order valence-electron chi connectivity index (χ1n) is 5.49. The molecule has 5 heteroatoms. The highest BCUT2D eigenvalue weighted by Gasteiger charge is 2.27. The third kappa shape index (κ3) is 2.55. The Balaban J connectivity index is 2.32. The monoisotopic (exact) mass is 303 g/mol. The zero-order valence-electron chi connectivity index (χ0n) is 9.10. The summed E-state index contributed by atoms with van der Waals surface area (Å²) < 4.78 is 27.4. The quantitative estimate of drug-likeness (QED) is 0.672. The van der Waals surface area contributed by atoms with Crippen molar-refractivity contribution in [2.24, 2.45) is 5.92 Å². The van der Waals surface area contributed by atoms with E-state index < -0.39 is 23.0 Å². The van der Waals surface area contributed by atoms with Crippen LogP contribution in [0.25, 0.3) is 0 Å². The van der Waals surface area contributed by atoms with Gasteiger partial charge in [-0.15, -0.1) is 0 Å². The lowest BCUT2D eigenvalue weighted by atomic mass is 9.89. The highest BCUT2D eigenvalue weighted by Crippen LogP contribution is 2.26. The number of rotatable bonds is 2. The predicted octanol–water partition coefficient (Wildman–Crippen LogP) is 2.91. The molecule has 0 unspecified atom stereocenters. The summed E-state index contributed by atoms with van der Waals surface area (Å²) >= 11 is 2.97. The Kier molecular flexibility index (Phi) is 3.89. The van der Waals surface area contributed by atoms with Crippen molar-refractivity contribution in [2.75, 3.05) is 13.1 Å². The number of Topliss-reactive ketones (excluding diaryl/α,β-unsaturated/α-hetero) is 1. The summed E-state index contributed by atoms with van der Waals surface area (Å²) in [6, 6.07) is 2.38. The second-order valence-electron chi connectivity index (χ2n) is 4.11. The molecular weight excluding hydrogens is 292 g/mol. The van der Waals surface area contributed by atoms with Crippen molar-refractivity contribution in [2.45, 2.75) is 12.8 Å². The number of benzene rings is 1. The highest BCUT2D eigenvalue weighted by atomic mass is 79.9. The van der Waals surface area contributed by atoms with Crippen molar-refractivity contribution in [3.8, 4) is 0 Å². The fourth-order valence-corrected chi connectivity index (χ4v) is 2.37. The van der Waals surface area contributed by atoms with Crippen molar-refractivity contribution in [1.29, 1.82) is 0 Å². The van der Waals surface area contributed by atoms with Crippen molar-refractivity contribution in [1.82, 2.24) is 5.32 Å². The molecular formula is C12H12BrF2NO. The van der Waals surface area contributed by atoms with Gasteiger partial charge < -0.3 is 5.32 Å². The molecule has 2 nitrogen and oxygen atoms in total. The molecule has 0 bridgehead atoms. The fraction of sp³-hybridized carbons (Fsp3) is 0.417. The van der Waals surface area contributed by atoms with Crippen LogP contribution >= 0.6 is 15.9 Å². The largest absolute Gasteiger partial charge is 0.317 e. The van der Waals surface area contributed by atoms with E-state index in [4.69, 9.17) is 0 Å². The van der Waals surface area contributed by atoms with Gasteiger partial charge in [0, 0.05) is 5.92 Å². The molecule has 1 aliphatic rings. The fourth-order valence-electron chi connectivity index (χ4n) is 2.04. The number of ketones is 1. The number of halogens is 3. The minimum absolute atomic E-state index is 0.121. The molecule has 0 atom stereocenters. The molecule has 0 aliphatic carbocycles. The van der Waals surface area contributed by atoms with Crippen LogP contribution in [0.3, 0.4) is 0 Å². The van der Waals surface area contributed by atoms with E-state index in [2.05, 4.69) is 21.2 Å². The lowest BCUT2D eigenvalue weighted by Crippen LogP contribution is -2.32. The Morgan fingerprint density at radius 3 is 2.59 bits per heavy atom. The van der Waals surface area contributed by atoms with Gasteiger partial charge in [0.15, 0.2) is 11.6 Å². The summed E-state index contributed by atoms with van der Waals surface area (Å²) in [5.41, 5.74) is -0.411. The van der Waals surface area contributed by atoms with Crippen molar-refractivity contribution in [3.63, 3.8) is 0 Å². The number of nitrogens with one attached hydrogen (secondary N) is 1. The van der Waals surface area contributed by atoms with Gasteiger partial charge in [-0.3, -0.25) is 4.79 Å². The van der Waals surface area contributed by atoms with Crippen molar-refractivity contribution < 1.29 is 13.6 Å². The number of carbonyl (C=O) groups excluding carboxylic acids is 1.